The zero-order chi connectivity index (χ0) is 20.7. The van der Waals surface area contributed by atoms with Crippen molar-refractivity contribution in [1.29, 1.82) is 0 Å². The molecule has 0 aromatic carbocycles. The summed E-state index contributed by atoms with van der Waals surface area (Å²) in [6.07, 6.45) is 4.89. The number of carboxylic acids is 1. The van der Waals surface area contributed by atoms with E-state index in [0.29, 0.717) is 19.6 Å². The van der Waals surface area contributed by atoms with Gasteiger partial charge in [0.1, 0.15) is 11.2 Å². The number of hydrogen-bond donors (Lipinski definition) is 2. The molecule has 9 nitrogen and oxygen atoms in total. The van der Waals surface area contributed by atoms with Gasteiger partial charge in [-0.3, -0.25) is 4.68 Å². The van der Waals surface area contributed by atoms with Crippen LogP contribution in [-0.4, -0.2) is 58.9 Å². The van der Waals surface area contributed by atoms with Crippen molar-refractivity contribution in [3.05, 3.63) is 11.8 Å². The minimum Gasteiger partial charge on any atom is -0.477 e. The Morgan fingerprint density at radius 1 is 1.25 bits per heavy atom. The summed E-state index contributed by atoms with van der Waals surface area (Å²) in [5, 5.41) is 16.6. The normalized spacial score (nSPS) is 19.9. The Balaban J connectivity index is 1.91. The molecule has 1 aromatic heterocycles. The van der Waals surface area contributed by atoms with Crippen LogP contribution >= 0.6 is 0 Å². The molecule has 28 heavy (non-hydrogen) atoms. The third-order valence-corrected chi connectivity index (χ3v) is 4.45. The molecule has 0 aliphatic heterocycles. The highest BCUT2D eigenvalue weighted by molar-refractivity contribution is 5.89. The highest BCUT2D eigenvalue weighted by Crippen LogP contribution is 2.30. The van der Waals surface area contributed by atoms with Gasteiger partial charge in [-0.25, -0.2) is 9.59 Å². The Kier molecular flexibility index (Phi) is 7.68. The maximum absolute atomic E-state index is 11.9. The van der Waals surface area contributed by atoms with Crippen molar-refractivity contribution >= 4 is 12.1 Å². The average Bonchev–Trinajstić information content (AvgIpc) is 3.02. The summed E-state index contributed by atoms with van der Waals surface area (Å²) >= 11 is 0. The Morgan fingerprint density at radius 3 is 2.50 bits per heavy atom. The SMILES string of the molecule is COCCCOc1nn(C2CCC(NC(=O)OC(C)(C)C)CC2)cc1C(=O)O. The number of amides is 1. The first-order valence-corrected chi connectivity index (χ1v) is 9.63. The highest BCUT2D eigenvalue weighted by Gasteiger charge is 2.28. The van der Waals surface area contributed by atoms with Crippen LogP contribution in [0.3, 0.4) is 0 Å². The summed E-state index contributed by atoms with van der Waals surface area (Å²) in [7, 11) is 1.60. The number of rotatable bonds is 8. The molecule has 1 fully saturated rings. The summed E-state index contributed by atoms with van der Waals surface area (Å²) in [4.78, 5) is 23.4. The average molecular weight is 397 g/mol. The molecule has 1 aliphatic carbocycles. The number of ether oxygens (including phenoxy) is 3. The molecule has 1 aromatic rings. The van der Waals surface area contributed by atoms with Gasteiger partial charge in [-0.2, -0.15) is 0 Å². The van der Waals surface area contributed by atoms with E-state index in [1.165, 1.54) is 6.20 Å². The lowest BCUT2D eigenvalue weighted by atomic mass is 9.91. The van der Waals surface area contributed by atoms with Crippen LogP contribution < -0.4 is 10.1 Å². The van der Waals surface area contributed by atoms with Gasteiger partial charge in [0.15, 0.2) is 0 Å². The van der Waals surface area contributed by atoms with Gasteiger partial charge < -0.3 is 24.6 Å². The Morgan fingerprint density at radius 2 is 1.93 bits per heavy atom. The second-order valence-corrected chi connectivity index (χ2v) is 7.98. The second kappa shape index (κ2) is 9.77. The quantitative estimate of drug-likeness (QED) is 0.649. The number of methoxy groups -OCH3 is 1. The van der Waals surface area contributed by atoms with E-state index < -0.39 is 17.7 Å². The molecule has 9 heteroatoms. The van der Waals surface area contributed by atoms with Gasteiger partial charge in [0.25, 0.3) is 0 Å². The smallest absolute Gasteiger partial charge is 0.407 e. The van der Waals surface area contributed by atoms with E-state index in [4.69, 9.17) is 14.2 Å². The minimum absolute atomic E-state index is 0.0466. The van der Waals surface area contributed by atoms with Gasteiger partial charge in [0.05, 0.1) is 12.6 Å². The standard InChI is InChI=1S/C19H31N3O6/c1-19(2,3)28-18(25)20-13-6-8-14(9-7-13)22-12-15(17(23)24)16(21-22)27-11-5-10-26-4/h12-14H,5-11H2,1-4H3,(H,20,25)(H,23,24). The monoisotopic (exact) mass is 397 g/mol. The van der Waals surface area contributed by atoms with Gasteiger partial charge in [-0.1, -0.05) is 0 Å². The van der Waals surface area contributed by atoms with Crippen molar-refractivity contribution in [2.24, 2.45) is 0 Å². The number of carbonyl (C=O) groups excluding carboxylic acids is 1. The van der Waals surface area contributed by atoms with E-state index in [0.717, 1.165) is 25.7 Å². The summed E-state index contributed by atoms with van der Waals surface area (Å²) in [6.45, 7) is 6.37. The Labute approximate surface area is 165 Å². The Hall–Kier alpha value is -2.29. The van der Waals surface area contributed by atoms with Crippen LogP contribution in [0.15, 0.2) is 6.20 Å². The maximum Gasteiger partial charge on any atom is 0.407 e. The molecule has 2 N–H and O–H groups in total. The summed E-state index contributed by atoms with van der Waals surface area (Å²) < 4.78 is 17.5. The van der Waals surface area contributed by atoms with Gasteiger partial charge in [0.2, 0.25) is 5.88 Å². The third-order valence-electron chi connectivity index (χ3n) is 4.45. The van der Waals surface area contributed by atoms with Crippen molar-refractivity contribution in [3.63, 3.8) is 0 Å². The molecule has 158 valence electrons. The van der Waals surface area contributed by atoms with Gasteiger partial charge in [0, 0.05) is 32.4 Å². The maximum atomic E-state index is 11.9. The van der Waals surface area contributed by atoms with Crippen LogP contribution in [0.2, 0.25) is 0 Å². The molecule has 1 saturated carbocycles. The largest absolute Gasteiger partial charge is 0.477 e. The predicted molar refractivity (Wildman–Crippen MR) is 102 cm³/mol. The third kappa shape index (κ3) is 6.70. The van der Waals surface area contributed by atoms with E-state index in [2.05, 4.69) is 10.4 Å². The second-order valence-electron chi connectivity index (χ2n) is 7.98. The van der Waals surface area contributed by atoms with Crippen molar-refractivity contribution in [2.75, 3.05) is 20.3 Å². The first kappa shape index (κ1) is 22.0. The molecule has 0 atom stereocenters. The molecule has 0 bridgehead atoms. The fourth-order valence-electron chi connectivity index (χ4n) is 3.15. The lowest BCUT2D eigenvalue weighted by Crippen LogP contribution is -2.41. The summed E-state index contributed by atoms with van der Waals surface area (Å²) in [6, 6.07) is 0.122. The van der Waals surface area contributed by atoms with Crippen LogP contribution in [-0.2, 0) is 9.47 Å². The van der Waals surface area contributed by atoms with Crippen molar-refractivity contribution in [2.45, 2.75) is 70.6 Å². The van der Waals surface area contributed by atoms with Crippen LogP contribution in [0.1, 0.15) is 69.3 Å². The fourth-order valence-corrected chi connectivity index (χ4v) is 3.15. The molecule has 1 aliphatic rings. The highest BCUT2D eigenvalue weighted by atomic mass is 16.6. The van der Waals surface area contributed by atoms with E-state index >= 15 is 0 Å². The number of carboxylic acid groups (broad SMARTS) is 1. The van der Waals surface area contributed by atoms with E-state index in [1.807, 2.05) is 20.8 Å². The van der Waals surface area contributed by atoms with Crippen molar-refractivity contribution < 1.29 is 28.9 Å². The lowest BCUT2D eigenvalue weighted by molar-refractivity contribution is 0.0486. The summed E-state index contributed by atoms with van der Waals surface area (Å²) in [5.74, 6) is -0.925. The van der Waals surface area contributed by atoms with E-state index in [-0.39, 0.29) is 23.5 Å². The lowest BCUT2D eigenvalue weighted by Gasteiger charge is -2.30. The Bertz CT molecular complexity index is 659. The molecular formula is C19H31N3O6. The van der Waals surface area contributed by atoms with Gasteiger partial charge in [-0.05, 0) is 46.5 Å². The number of nitrogens with one attached hydrogen (secondary N) is 1. The van der Waals surface area contributed by atoms with Crippen molar-refractivity contribution in [1.82, 2.24) is 15.1 Å². The van der Waals surface area contributed by atoms with Crippen molar-refractivity contribution in [3.8, 4) is 5.88 Å². The van der Waals surface area contributed by atoms with Crippen LogP contribution in [0.4, 0.5) is 4.79 Å². The first-order chi connectivity index (χ1) is 13.2. The zero-order valence-corrected chi connectivity index (χ0v) is 17.1. The number of alkyl carbamates (subject to hydrolysis) is 1. The molecule has 1 amide bonds. The number of nitrogens with zero attached hydrogens (tertiary/aromatic N) is 2. The molecule has 0 saturated heterocycles. The summed E-state index contributed by atoms with van der Waals surface area (Å²) in [5.41, 5.74) is -0.463. The molecule has 2 rings (SSSR count). The van der Waals surface area contributed by atoms with E-state index in [1.54, 1.807) is 11.8 Å². The van der Waals surface area contributed by atoms with Crippen LogP contribution in [0.5, 0.6) is 5.88 Å². The van der Waals surface area contributed by atoms with Crippen LogP contribution in [0, 0.1) is 0 Å². The number of hydrogen-bond acceptors (Lipinski definition) is 6. The molecule has 0 spiro atoms. The number of aromatic nitrogens is 2. The van der Waals surface area contributed by atoms with Gasteiger partial charge in [-0.15, -0.1) is 5.10 Å². The zero-order valence-electron chi connectivity index (χ0n) is 17.1. The minimum atomic E-state index is -1.06. The topological polar surface area (TPSA) is 112 Å². The fraction of sp³-hybridized carbons (Fsp3) is 0.737. The molecular weight excluding hydrogens is 366 g/mol. The predicted octanol–water partition coefficient (Wildman–Crippen LogP) is 3.01. The molecule has 0 unspecified atom stereocenters. The molecule has 1 heterocycles. The van der Waals surface area contributed by atoms with Gasteiger partial charge >= 0.3 is 12.1 Å². The number of carbonyl (C=O) groups is 2. The first-order valence-electron chi connectivity index (χ1n) is 9.63. The number of aromatic carboxylic acids is 1. The molecule has 0 radical (unpaired) electrons. The van der Waals surface area contributed by atoms with Crippen LogP contribution in [0.25, 0.3) is 0 Å². The van der Waals surface area contributed by atoms with E-state index in [9.17, 15) is 14.7 Å².